The van der Waals surface area contributed by atoms with E-state index in [0.717, 1.165) is 29.2 Å². The fraction of sp³-hybridized carbons (Fsp3) is 0.391. The van der Waals surface area contributed by atoms with Gasteiger partial charge in [-0.15, -0.1) is 11.8 Å². The number of rotatable bonds is 6. The molecule has 0 bridgehead atoms. The van der Waals surface area contributed by atoms with Gasteiger partial charge in [0.1, 0.15) is 12.3 Å². The zero-order valence-electron chi connectivity index (χ0n) is 17.1. The maximum atomic E-state index is 12.8. The third-order valence-corrected chi connectivity index (χ3v) is 6.93. The molecule has 6 nitrogen and oxygen atoms in total. The summed E-state index contributed by atoms with van der Waals surface area (Å²) in [5.41, 5.74) is 1.80. The van der Waals surface area contributed by atoms with Gasteiger partial charge in [-0.3, -0.25) is 9.59 Å². The molecule has 0 radical (unpaired) electrons. The molecule has 158 valence electrons. The summed E-state index contributed by atoms with van der Waals surface area (Å²) in [6, 6.07) is 15.8. The molecular weight excluding hydrogens is 400 g/mol. The lowest BCUT2D eigenvalue weighted by Gasteiger charge is -2.38. The Kier molecular flexibility index (Phi) is 6.29. The summed E-state index contributed by atoms with van der Waals surface area (Å²) in [7, 11) is 1.65. The van der Waals surface area contributed by atoms with Gasteiger partial charge in [-0.05, 0) is 42.7 Å². The molecule has 1 fully saturated rings. The van der Waals surface area contributed by atoms with Crippen LogP contribution in [-0.2, 0) is 19.7 Å². The number of fused-ring (bicyclic) bond motifs is 1. The van der Waals surface area contributed by atoms with E-state index in [1.165, 1.54) is 17.3 Å². The lowest BCUT2D eigenvalue weighted by Crippen LogP contribution is -2.48. The number of nitrogens with zero attached hydrogens (tertiary/aromatic N) is 1. The first kappa shape index (κ1) is 20.8. The number of carbonyl (C=O) groups is 2. The van der Waals surface area contributed by atoms with Crippen molar-refractivity contribution in [2.45, 2.75) is 23.2 Å². The Hall–Kier alpha value is -2.51. The van der Waals surface area contributed by atoms with Gasteiger partial charge in [-0.1, -0.05) is 24.3 Å². The summed E-state index contributed by atoms with van der Waals surface area (Å²) in [5.74, 6) is 0.983. The van der Waals surface area contributed by atoms with Crippen molar-refractivity contribution in [1.82, 2.24) is 5.32 Å². The van der Waals surface area contributed by atoms with E-state index in [9.17, 15) is 9.59 Å². The van der Waals surface area contributed by atoms with Crippen molar-refractivity contribution in [3.05, 3.63) is 54.1 Å². The van der Waals surface area contributed by atoms with Gasteiger partial charge < -0.3 is 19.7 Å². The van der Waals surface area contributed by atoms with Crippen molar-refractivity contribution in [2.75, 3.05) is 44.1 Å². The lowest BCUT2D eigenvalue weighted by atomic mass is 9.74. The van der Waals surface area contributed by atoms with Crippen LogP contribution >= 0.6 is 11.8 Å². The van der Waals surface area contributed by atoms with Crippen LogP contribution in [0.1, 0.15) is 18.4 Å². The summed E-state index contributed by atoms with van der Waals surface area (Å²) in [6.45, 7) is 1.87. The van der Waals surface area contributed by atoms with Crippen LogP contribution in [0.2, 0.25) is 0 Å². The third-order valence-electron chi connectivity index (χ3n) is 5.89. The Morgan fingerprint density at radius 3 is 2.63 bits per heavy atom. The molecule has 30 heavy (non-hydrogen) atoms. The second kappa shape index (κ2) is 9.10. The number of anilines is 1. The number of methoxy groups -OCH3 is 1. The summed E-state index contributed by atoms with van der Waals surface area (Å²) >= 11 is 1.52. The molecule has 2 aromatic carbocycles. The highest BCUT2D eigenvalue weighted by atomic mass is 32.2. The van der Waals surface area contributed by atoms with Crippen molar-refractivity contribution >= 4 is 29.3 Å². The molecule has 2 aliphatic heterocycles. The highest BCUT2D eigenvalue weighted by Crippen LogP contribution is 2.36. The van der Waals surface area contributed by atoms with Crippen LogP contribution in [0.4, 0.5) is 5.69 Å². The Labute approximate surface area is 180 Å². The van der Waals surface area contributed by atoms with Crippen molar-refractivity contribution in [3.63, 3.8) is 0 Å². The Balaban J connectivity index is 1.46. The predicted octanol–water partition coefficient (Wildman–Crippen LogP) is 3.00. The van der Waals surface area contributed by atoms with E-state index < -0.39 is 0 Å². The van der Waals surface area contributed by atoms with Crippen molar-refractivity contribution < 1.29 is 19.1 Å². The highest BCUT2D eigenvalue weighted by Gasteiger charge is 2.35. The van der Waals surface area contributed by atoms with Gasteiger partial charge in [0, 0.05) is 30.1 Å². The lowest BCUT2D eigenvalue weighted by molar-refractivity contribution is -0.123. The van der Waals surface area contributed by atoms with Gasteiger partial charge in [0.05, 0.1) is 18.6 Å². The fourth-order valence-electron chi connectivity index (χ4n) is 4.07. The van der Waals surface area contributed by atoms with E-state index >= 15 is 0 Å². The van der Waals surface area contributed by atoms with E-state index in [1.807, 2.05) is 36.4 Å². The molecule has 0 aliphatic carbocycles. The van der Waals surface area contributed by atoms with Crippen LogP contribution in [-0.4, -0.2) is 51.0 Å². The van der Waals surface area contributed by atoms with E-state index in [4.69, 9.17) is 9.47 Å². The molecule has 2 amide bonds. The number of hydrogen-bond acceptors (Lipinski definition) is 5. The van der Waals surface area contributed by atoms with Crippen LogP contribution in [0.15, 0.2) is 53.4 Å². The number of hydrogen-bond donors (Lipinski definition) is 1. The molecule has 0 saturated carbocycles. The first-order valence-corrected chi connectivity index (χ1v) is 11.1. The summed E-state index contributed by atoms with van der Waals surface area (Å²) < 4.78 is 10.9. The number of amides is 2. The van der Waals surface area contributed by atoms with Crippen molar-refractivity contribution in [1.29, 1.82) is 0 Å². The number of benzene rings is 2. The molecule has 1 saturated heterocycles. The molecular formula is C23H26N2O4S. The number of carbonyl (C=O) groups excluding carboxylic acids is 2. The molecule has 7 heteroatoms. The molecule has 0 unspecified atom stereocenters. The summed E-state index contributed by atoms with van der Waals surface area (Å²) in [6.07, 6.45) is 1.67. The monoisotopic (exact) mass is 426 g/mol. The Bertz CT molecular complexity index is 910. The number of ether oxygens (including phenoxy) is 2. The minimum atomic E-state index is -0.181. The van der Waals surface area contributed by atoms with Crippen LogP contribution in [0.25, 0.3) is 0 Å². The zero-order chi connectivity index (χ0) is 21.0. The van der Waals surface area contributed by atoms with Gasteiger partial charge in [-0.25, -0.2) is 0 Å². The standard InChI is InChI=1S/C23H26N2O4S/c1-28-18-8-6-17(7-9-18)23(10-12-29-13-11-23)16-24-21(26)14-25-19-4-2-3-5-20(19)30-15-22(25)27/h2-9H,10-16H2,1H3,(H,24,26). The van der Waals surface area contributed by atoms with Gasteiger partial charge >= 0.3 is 0 Å². The second-order valence-electron chi connectivity index (χ2n) is 7.63. The summed E-state index contributed by atoms with van der Waals surface area (Å²) in [5, 5.41) is 3.09. The quantitative estimate of drug-likeness (QED) is 0.769. The number of para-hydroxylation sites is 1. The third kappa shape index (κ3) is 4.32. The molecule has 2 heterocycles. The normalized spacial score (nSPS) is 17.9. The molecule has 0 aromatic heterocycles. The van der Waals surface area contributed by atoms with Gasteiger partial charge in [0.2, 0.25) is 11.8 Å². The molecule has 2 aromatic rings. The van der Waals surface area contributed by atoms with E-state index in [0.29, 0.717) is 25.5 Å². The SMILES string of the molecule is COc1ccc(C2(CNC(=O)CN3C(=O)CSc4ccccc43)CCOCC2)cc1. The number of thioether (sulfide) groups is 1. The minimum Gasteiger partial charge on any atom is -0.497 e. The molecule has 0 atom stereocenters. The minimum absolute atomic E-state index is 0.0333. The topological polar surface area (TPSA) is 67.9 Å². The molecule has 0 spiro atoms. The number of nitrogens with one attached hydrogen (secondary N) is 1. The van der Waals surface area contributed by atoms with Gasteiger partial charge in [-0.2, -0.15) is 0 Å². The zero-order valence-corrected chi connectivity index (χ0v) is 17.9. The maximum Gasteiger partial charge on any atom is 0.240 e. The van der Waals surface area contributed by atoms with Crippen LogP contribution in [0.5, 0.6) is 5.75 Å². The smallest absolute Gasteiger partial charge is 0.240 e. The van der Waals surface area contributed by atoms with E-state index in [-0.39, 0.29) is 23.8 Å². The van der Waals surface area contributed by atoms with Crippen molar-refractivity contribution in [2.24, 2.45) is 0 Å². The van der Waals surface area contributed by atoms with E-state index in [2.05, 4.69) is 17.4 Å². The maximum absolute atomic E-state index is 12.8. The van der Waals surface area contributed by atoms with Crippen LogP contribution in [0.3, 0.4) is 0 Å². The van der Waals surface area contributed by atoms with Gasteiger partial charge in [0.25, 0.3) is 0 Å². The highest BCUT2D eigenvalue weighted by molar-refractivity contribution is 8.00. The Morgan fingerprint density at radius 1 is 1.17 bits per heavy atom. The summed E-state index contributed by atoms with van der Waals surface area (Å²) in [4.78, 5) is 27.9. The molecule has 4 rings (SSSR count). The predicted molar refractivity (Wildman–Crippen MR) is 117 cm³/mol. The van der Waals surface area contributed by atoms with Crippen LogP contribution < -0.4 is 15.0 Å². The Morgan fingerprint density at radius 2 is 1.90 bits per heavy atom. The van der Waals surface area contributed by atoms with Gasteiger partial charge in [0.15, 0.2) is 0 Å². The largest absolute Gasteiger partial charge is 0.497 e. The fourth-order valence-corrected chi connectivity index (χ4v) is 5.00. The molecule has 2 aliphatic rings. The first-order valence-electron chi connectivity index (χ1n) is 10.1. The van der Waals surface area contributed by atoms with Crippen LogP contribution in [0, 0.1) is 0 Å². The average molecular weight is 427 g/mol. The van der Waals surface area contributed by atoms with Crippen molar-refractivity contribution in [3.8, 4) is 5.75 Å². The first-order chi connectivity index (χ1) is 14.6. The molecule has 1 N–H and O–H groups in total. The van der Waals surface area contributed by atoms with E-state index in [1.54, 1.807) is 12.0 Å². The second-order valence-corrected chi connectivity index (χ2v) is 8.65. The average Bonchev–Trinajstić information content (AvgIpc) is 2.80.